The summed E-state index contributed by atoms with van der Waals surface area (Å²) in [6.45, 7) is 1.88. The summed E-state index contributed by atoms with van der Waals surface area (Å²) < 4.78 is 18.5. The van der Waals surface area contributed by atoms with E-state index >= 15 is 0 Å². The minimum absolute atomic E-state index is 0.192. The van der Waals surface area contributed by atoms with Crippen LogP contribution in [0.25, 0.3) is 0 Å². The third-order valence-corrected chi connectivity index (χ3v) is 2.21. The lowest BCUT2D eigenvalue weighted by molar-refractivity contribution is 0.221. The Morgan fingerprint density at radius 1 is 1.19 bits per heavy atom. The molecular formula is C13H12FNO. The summed E-state index contributed by atoms with van der Waals surface area (Å²) in [5, 5.41) is 0. The summed E-state index contributed by atoms with van der Waals surface area (Å²) in [7, 11) is 0. The van der Waals surface area contributed by atoms with E-state index in [2.05, 4.69) is 4.98 Å². The zero-order valence-electron chi connectivity index (χ0n) is 8.93. The topological polar surface area (TPSA) is 22.1 Å². The van der Waals surface area contributed by atoms with Gasteiger partial charge in [0, 0.05) is 12.3 Å². The summed E-state index contributed by atoms with van der Waals surface area (Å²) >= 11 is 0. The Bertz CT molecular complexity index is 458. The maximum absolute atomic E-state index is 12.9. The second kappa shape index (κ2) is 4.75. The van der Waals surface area contributed by atoms with E-state index in [1.807, 2.05) is 25.1 Å². The third kappa shape index (κ3) is 2.57. The van der Waals surface area contributed by atoms with Crippen LogP contribution in [-0.4, -0.2) is 4.98 Å². The Hall–Kier alpha value is -1.90. The predicted molar refractivity (Wildman–Crippen MR) is 59.7 cm³/mol. The molecule has 0 spiro atoms. The fourth-order valence-electron chi connectivity index (χ4n) is 1.42. The van der Waals surface area contributed by atoms with Crippen molar-refractivity contribution in [3.63, 3.8) is 0 Å². The fraction of sp³-hybridized carbons (Fsp3) is 0.154. The molecule has 2 rings (SSSR count). The van der Waals surface area contributed by atoms with Crippen molar-refractivity contribution < 1.29 is 9.13 Å². The van der Waals surface area contributed by atoms with Crippen LogP contribution in [0.5, 0.6) is 5.75 Å². The molecule has 0 radical (unpaired) electrons. The quantitative estimate of drug-likeness (QED) is 0.786. The molecule has 0 aliphatic carbocycles. The van der Waals surface area contributed by atoms with Gasteiger partial charge in [0.05, 0.1) is 5.69 Å². The van der Waals surface area contributed by atoms with Crippen LogP contribution in [0.15, 0.2) is 48.7 Å². The number of rotatable bonds is 3. The molecule has 82 valence electrons. The molecule has 0 unspecified atom stereocenters. The van der Waals surface area contributed by atoms with Gasteiger partial charge in [0.1, 0.15) is 17.7 Å². The Morgan fingerprint density at radius 3 is 2.75 bits per heavy atom. The molecule has 0 fully saturated rings. The van der Waals surface area contributed by atoms with E-state index in [1.54, 1.807) is 18.3 Å². The molecule has 0 aliphatic rings. The molecule has 1 atom stereocenters. The Labute approximate surface area is 93.7 Å². The Balaban J connectivity index is 2.11. The summed E-state index contributed by atoms with van der Waals surface area (Å²) in [6.07, 6.45) is 1.52. The average Bonchev–Trinajstić information content (AvgIpc) is 2.30. The molecule has 0 N–H and O–H groups in total. The molecule has 16 heavy (non-hydrogen) atoms. The molecule has 2 aromatic rings. The first-order valence-electron chi connectivity index (χ1n) is 5.09. The molecule has 0 saturated carbocycles. The van der Waals surface area contributed by atoms with Crippen molar-refractivity contribution in [2.75, 3.05) is 0 Å². The lowest BCUT2D eigenvalue weighted by atomic mass is 10.2. The first-order chi connectivity index (χ1) is 7.75. The molecule has 1 aromatic heterocycles. The zero-order valence-corrected chi connectivity index (χ0v) is 8.93. The minimum atomic E-state index is -0.300. The minimum Gasteiger partial charge on any atom is -0.484 e. The van der Waals surface area contributed by atoms with Crippen LogP contribution in [0.2, 0.25) is 0 Å². The number of halogens is 1. The van der Waals surface area contributed by atoms with Gasteiger partial charge in [-0.15, -0.1) is 0 Å². The van der Waals surface area contributed by atoms with Crippen LogP contribution in [0.1, 0.15) is 18.7 Å². The first kappa shape index (κ1) is 10.6. The van der Waals surface area contributed by atoms with Gasteiger partial charge in [-0.2, -0.15) is 0 Å². The number of aromatic nitrogens is 1. The van der Waals surface area contributed by atoms with E-state index in [4.69, 9.17) is 4.74 Å². The number of nitrogens with zero attached hydrogens (tertiary/aromatic N) is 1. The molecule has 1 heterocycles. The molecule has 2 nitrogen and oxygen atoms in total. The van der Waals surface area contributed by atoms with Gasteiger partial charge in [0.2, 0.25) is 0 Å². The third-order valence-electron chi connectivity index (χ3n) is 2.21. The Kier molecular flexibility index (Phi) is 3.15. The highest BCUT2D eigenvalue weighted by Crippen LogP contribution is 2.20. The molecule has 1 aromatic carbocycles. The number of hydrogen-bond donors (Lipinski definition) is 0. The molecule has 3 heteroatoms. The normalized spacial score (nSPS) is 12.1. The van der Waals surface area contributed by atoms with E-state index < -0.39 is 0 Å². The first-order valence-corrected chi connectivity index (χ1v) is 5.09. The molecule has 0 amide bonds. The Morgan fingerprint density at radius 2 is 2.06 bits per heavy atom. The van der Waals surface area contributed by atoms with Gasteiger partial charge in [-0.05, 0) is 31.2 Å². The second-order valence-electron chi connectivity index (χ2n) is 3.47. The van der Waals surface area contributed by atoms with Crippen molar-refractivity contribution in [1.82, 2.24) is 4.98 Å². The summed E-state index contributed by atoms with van der Waals surface area (Å²) in [5.74, 6) is 0.212. The maximum Gasteiger partial charge on any atom is 0.138 e. The summed E-state index contributed by atoms with van der Waals surface area (Å²) in [6, 6.07) is 11.7. The van der Waals surface area contributed by atoms with Gasteiger partial charge >= 0.3 is 0 Å². The van der Waals surface area contributed by atoms with Crippen LogP contribution >= 0.6 is 0 Å². The van der Waals surface area contributed by atoms with Crippen LogP contribution in [0.4, 0.5) is 4.39 Å². The van der Waals surface area contributed by atoms with Crippen LogP contribution in [0, 0.1) is 5.82 Å². The fourth-order valence-corrected chi connectivity index (χ4v) is 1.42. The summed E-state index contributed by atoms with van der Waals surface area (Å²) in [4.78, 5) is 4.18. The number of hydrogen-bond acceptors (Lipinski definition) is 2. The SMILES string of the molecule is C[C@@H](Oc1cccc(F)c1)c1ccccn1. The molecular weight excluding hydrogens is 205 g/mol. The van der Waals surface area contributed by atoms with E-state index in [1.165, 1.54) is 12.1 Å². The highest BCUT2D eigenvalue weighted by molar-refractivity contribution is 5.23. The van der Waals surface area contributed by atoms with Crippen molar-refractivity contribution in [3.8, 4) is 5.75 Å². The number of pyridine rings is 1. The highest BCUT2D eigenvalue weighted by Gasteiger charge is 2.07. The van der Waals surface area contributed by atoms with Gasteiger partial charge in [0.15, 0.2) is 0 Å². The average molecular weight is 217 g/mol. The van der Waals surface area contributed by atoms with Crippen molar-refractivity contribution >= 4 is 0 Å². The van der Waals surface area contributed by atoms with Gasteiger partial charge in [-0.1, -0.05) is 12.1 Å². The lowest BCUT2D eigenvalue weighted by Crippen LogP contribution is -2.04. The van der Waals surface area contributed by atoms with Crippen molar-refractivity contribution in [1.29, 1.82) is 0 Å². The maximum atomic E-state index is 12.9. The van der Waals surface area contributed by atoms with E-state index in [9.17, 15) is 4.39 Å². The molecule has 0 bridgehead atoms. The summed E-state index contributed by atoms with van der Waals surface area (Å²) in [5.41, 5.74) is 0.826. The van der Waals surface area contributed by atoms with Gasteiger partial charge in [0.25, 0.3) is 0 Å². The molecule has 0 aliphatic heterocycles. The zero-order chi connectivity index (χ0) is 11.4. The van der Waals surface area contributed by atoms with Gasteiger partial charge < -0.3 is 4.74 Å². The second-order valence-corrected chi connectivity index (χ2v) is 3.47. The predicted octanol–water partition coefficient (Wildman–Crippen LogP) is 3.36. The van der Waals surface area contributed by atoms with Crippen molar-refractivity contribution in [2.45, 2.75) is 13.0 Å². The number of ether oxygens (including phenoxy) is 1. The standard InChI is InChI=1S/C13H12FNO/c1-10(13-7-2-3-8-15-13)16-12-6-4-5-11(14)9-12/h2-10H,1H3/t10-/m1/s1. The largest absolute Gasteiger partial charge is 0.484 e. The number of benzene rings is 1. The van der Waals surface area contributed by atoms with Crippen molar-refractivity contribution in [3.05, 3.63) is 60.2 Å². The van der Waals surface area contributed by atoms with E-state index in [0.717, 1.165) is 5.69 Å². The van der Waals surface area contributed by atoms with Gasteiger partial charge in [-0.3, -0.25) is 4.98 Å². The van der Waals surface area contributed by atoms with Gasteiger partial charge in [-0.25, -0.2) is 4.39 Å². The van der Waals surface area contributed by atoms with Crippen molar-refractivity contribution in [2.24, 2.45) is 0 Å². The van der Waals surface area contributed by atoms with Crippen LogP contribution in [-0.2, 0) is 0 Å². The lowest BCUT2D eigenvalue weighted by Gasteiger charge is -2.13. The monoisotopic (exact) mass is 217 g/mol. The smallest absolute Gasteiger partial charge is 0.138 e. The van der Waals surface area contributed by atoms with Crippen LogP contribution in [0.3, 0.4) is 0 Å². The molecule has 0 saturated heterocycles. The highest BCUT2D eigenvalue weighted by atomic mass is 19.1. The van der Waals surface area contributed by atoms with E-state index in [0.29, 0.717) is 5.75 Å². The van der Waals surface area contributed by atoms with E-state index in [-0.39, 0.29) is 11.9 Å². The van der Waals surface area contributed by atoms with Crippen LogP contribution < -0.4 is 4.74 Å².